The van der Waals surface area contributed by atoms with Crippen molar-refractivity contribution in [1.29, 1.82) is 0 Å². The Balaban J connectivity index is 1.79. The van der Waals surface area contributed by atoms with E-state index in [0.717, 1.165) is 40.6 Å². The van der Waals surface area contributed by atoms with E-state index in [9.17, 15) is 4.79 Å². The Kier molecular flexibility index (Phi) is 5.36. The lowest BCUT2D eigenvalue weighted by Crippen LogP contribution is -2.33. The minimum absolute atomic E-state index is 0.0222. The smallest absolute Gasteiger partial charge is 0.252 e. The maximum absolute atomic E-state index is 12.9. The molecule has 0 spiro atoms. The predicted octanol–water partition coefficient (Wildman–Crippen LogP) is 4.91. The molecule has 1 heterocycles. The first-order valence-corrected chi connectivity index (χ1v) is 9.17. The van der Waals surface area contributed by atoms with Crippen molar-refractivity contribution in [1.82, 2.24) is 10.3 Å². The van der Waals surface area contributed by atoms with E-state index in [2.05, 4.69) is 60.5 Å². The van der Waals surface area contributed by atoms with Crippen molar-refractivity contribution < 1.29 is 4.79 Å². The number of aryl methyl sites for hydroxylation is 4. The van der Waals surface area contributed by atoms with Gasteiger partial charge in [0, 0.05) is 17.1 Å². The van der Waals surface area contributed by atoms with Gasteiger partial charge in [0.25, 0.3) is 5.91 Å². The lowest BCUT2D eigenvalue weighted by Gasteiger charge is -2.16. The highest BCUT2D eigenvalue weighted by atomic mass is 16.1. The van der Waals surface area contributed by atoms with Crippen LogP contribution in [-0.2, 0) is 6.42 Å². The molecule has 26 heavy (non-hydrogen) atoms. The highest BCUT2D eigenvalue weighted by Crippen LogP contribution is 2.23. The van der Waals surface area contributed by atoms with Crippen LogP contribution in [0.25, 0.3) is 10.9 Å². The Morgan fingerprint density at radius 1 is 1.08 bits per heavy atom. The number of hydrogen-bond acceptors (Lipinski definition) is 2. The first kappa shape index (κ1) is 18.1. The minimum Gasteiger partial charge on any atom is -0.350 e. The van der Waals surface area contributed by atoms with Crippen LogP contribution >= 0.6 is 0 Å². The van der Waals surface area contributed by atoms with Crippen LogP contribution in [0.2, 0.25) is 0 Å². The third-order valence-electron chi connectivity index (χ3n) is 4.71. The van der Waals surface area contributed by atoms with Crippen molar-refractivity contribution in [3.8, 4) is 0 Å². The summed E-state index contributed by atoms with van der Waals surface area (Å²) in [5, 5.41) is 4.09. The zero-order valence-corrected chi connectivity index (χ0v) is 16.0. The van der Waals surface area contributed by atoms with E-state index in [1.165, 1.54) is 5.56 Å². The van der Waals surface area contributed by atoms with Crippen LogP contribution < -0.4 is 5.32 Å². The average molecular weight is 346 g/mol. The zero-order valence-electron chi connectivity index (χ0n) is 16.0. The molecule has 0 saturated carbocycles. The van der Waals surface area contributed by atoms with Crippen molar-refractivity contribution in [3.05, 3.63) is 76.5 Å². The Bertz CT molecular complexity index is 932. The van der Waals surface area contributed by atoms with Crippen LogP contribution in [0.5, 0.6) is 0 Å². The maximum atomic E-state index is 12.9. The quantitative estimate of drug-likeness (QED) is 0.713. The van der Waals surface area contributed by atoms with Crippen LogP contribution in [0.4, 0.5) is 0 Å². The van der Waals surface area contributed by atoms with E-state index in [1.54, 1.807) is 0 Å². The number of hydrogen-bond donors (Lipinski definition) is 1. The molecule has 0 fully saturated rings. The van der Waals surface area contributed by atoms with Gasteiger partial charge in [0.15, 0.2) is 0 Å². The number of aromatic nitrogens is 1. The number of nitrogens with zero attached hydrogens (tertiary/aromatic N) is 1. The van der Waals surface area contributed by atoms with Gasteiger partial charge < -0.3 is 5.32 Å². The second-order valence-corrected chi connectivity index (χ2v) is 7.19. The summed E-state index contributed by atoms with van der Waals surface area (Å²) in [7, 11) is 0. The number of carbonyl (C=O) groups is 1. The van der Waals surface area contributed by atoms with Gasteiger partial charge in [-0.2, -0.15) is 0 Å². The monoisotopic (exact) mass is 346 g/mol. The summed E-state index contributed by atoms with van der Waals surface area (Å²) >= 11 is 0. The predicted molar refractivity (Wildman–Crippen MR) is 108 cm³/mol. The highest BCUT2D eigenvalue weighted by Gasteiger charge is 2.15. The number of carbonyl (C=O) groups excluding carboxylic acids is 1. The van der Waals surface area contributed by atoms with Crippen molar-refractivity contribution in [2.75, 3.05) is 0 Å². The van der Waals surface area contributed by atoms with E-state index in [0.29, 0.717) is 5.56 Å². The summed E-state index contributed by atoms with van der Waals surface area (Å²) in [5.74, 6) is -0.0222. The standard InChI is InChI=1S/C23H26N2O/c1-15-12-16(2)22-20(13-15)21(14-18(4)24-22)23(26)25-17(3)10-11-19-8-6-5-7-9-19/h5-9,12-14,17H,10-11H2,1-4H3,(H,25,26). The molecule has 3 heteroatoms. The van der Waals surface area contributed by atoms with Crippen molar-refractivity contribution in [3.63, 3.8) is 0 Å². The summed E-state index contributed by atoms with van der Waals surface area (Å²) in [5.41, 5.74) is 6.04. The van der Waals surface area contributed by atoms with Gasteiger partial charge in [-0.1, -0.05) is 42.0 Å². The van der Waals surface area contributed by atoms with Crippen LogP contribution in [0.15, 0.2) is 48.5 Å². The molecule has 0 radical (unpaired) electrons. The molecule has 3 rings (SSSR count). The Hall–Kier alpha value is -2.68. The third-order valence-corrected chi connectivity index (χ3v) is 4.71. The summed E-state index contributed by atoms with van der Waals surface area (Å²) in [6.07, 6.45) is 1.87. The number of benzene rings is 2. The first-order chi connectivity index (χ1) is 12.4. The molecular formula is C23H26N2O. The lowest BCUT2D eigenvalue weighted by atomic mass is 10.0. The lowest BCUT2D eigenvalue weighted by molar-refractivity contribution is 0.0940. The van der Waals surface area contributed by atoms with Crippen LogP contribution in [0.1, 0.15) is 46.1 Å². The Morgan fingerprint density at radius 2 is 1.81 bits per heavy atom. The van der Waals surface area contributed by atoms with Crippen LogP contribution in [0.3, 0.4) is 0 Å². The van der Waals surface area contributed by atoms with Gasteiger partial charge >= 0.3 is 0 Å². The van der Waals surface area contributed by atoms with Crippen LogP contribution in [0, 0.1) is 20.8 Å². The SMILES string of the molecule is Cc1cc(C)c2nc(C)cc(C(=O)NC(C)CCc3ccccc3)c2c1. The summed E-state index contributed by atoms with van der Waals surface area (Å²) < 4.78 is 0. The molecule has 134 valence electrons. The van der Waals surface area contributed by atoms with E-state index in [1.807, 2.05) is 26.0 Å². The third kappa shape index (κ3) is 4.10. The second-order valence-electron chi connectivity index (χ2n) is 7.19. The fourth-order valence-corrected chi connectivity index (χ4v) is 3.40. The highest BCUT2D eigenvalue weighted by molar-refractivity contribution is 6.07. The van der Waals surface area contributed by atoms with Gasteiger partial charge in [-0.15, -0.1) is 0 Å². The zero-order chi connectivity index (χ0) is 18.7. The summed E-state index contributed by atoms with van der Waals surface area (Å²) in [6.45, 7) is 8.10. The van der Waals surface area contributed by atoms with Crippen molar-refractivity contribution >= 4 is 16.8 Å². The van der Waals surface area contributed by atoms with Crippen LogP contribution in [-0.4, -0.2) is 16.9 Å². The number of amides is 1. The molecule has 0 aliphatic heterocycles. The molecule has 2 aromatic carbocycles. The van der Waals surface area contributed by atoms with Gasteiger partial charge in [-0.05, 0) is 63.8 Å². The second kappa shape index (κ2) is 7.69. The fourth-order valence-electron chi connectivity index (χ4n) is 3.40. The molecule has 1 amide bonds. The van der Waals surface area contributed by atoms with Gasteiger partial charge in [-0.25, -0.2) is 0 Å². The maximum Gasteiger partial charge on any atom is 0.252 e. The molecular weight excluding hydrogens is 320 g/mol. The molecule has 1 atom stereocenters. The number of rotatable bonds is 5. The van der Waals surface area contributed by atoms with Gasteiger partial charge in [-0.3, -0.25) is 9.78 Å². The average Bonchev–Trinajstić information content (AvgIpc) is 2.61. The van der Waals surface area contributed by atoms with E-state index in [4.69, 9.17) is 0 Å². The van der Waals surface area contributed by atoms with E-state index < -0.39 is 0 Å². The van der Waals surface area contributed by atoms with Crippen molar-refractivity contribution in [2.24, 2.45) is 0 Å². The normalized spacial score (nSPS) is 12.2. The molecule has 3 nitrogen and oxygen atoms in total. The number of pyridine rings is 1. The molecule has 3 aromatic rings. The fraction of sp³-hybridized carbons (Fsp3) is 0.304. The largest absolute Gasteiger partial charge is 0.350 e. The number of nitrogens with one attached hydrogen (secondary N) is 1. The molecule has 1 N–H and O–H groups in total. The summed E-state index contributed by atoms with van der Waals surface area (Å²) in [6, 6.07) is 16.5. The molecule has 0 bridgehead atoms. The van der Waals surface area contributed by atoms with E-state index in [-0.39, 0.29) is 11.9 Å². The Labute approximate surface area is 155 Å². The van der Waals surface area contributed by atoms with E-state index >= 15 is 0 Å². The van der Waals surface area contributed by atoms with Crippen molar-refractivity contribution in [2.45, 2.75) is 46.6 Å². The minimum atomic E-state index is -0.0222. The molecule has 0 aliphatic rings. The van der Waals surface area contributed by atoms with Gasteiger partial charge in [0.05, 0.1) is 11.1 Å². The van der Waals surface area contributed by atoms with Gasteiger partial charge in [0.1, 0.15) is 0 Å². The first-order valence-electron chi connectivity index (χ1n) is 9.17. The van der Waals surface area contributed by atoms with Gasteiger partial charge in [0.2, 0.25) is 0 Å². The summed E-state index contributed by atoms with van der Waals surface area (Å²) in [4.78, 5) is 17.6. The molecule has 0 aliphatic carbocycles. The molecule has 0 saturated heterocycles. The molecule has 1 unspecified atom stereocenters. The Morgan fingerprint density at radius 3 is 2.54 bits per heavy atom. The number of fused-ring (bicyclic) bond motifs is 1. The molecule has 1 aromatic heterocycles. The topological polar surface area (TPSA) is 42.0 Å².